The van der Waals surface area contributed by atoms with Gasteiger partial charge in [0.05, 0.1) is 7.11 Å². The van der Waals surface area contributed by atoms with Gasteiger partial charge in [0.25, 0.3) is 0 Å². The summed E-state index contributed by atoms with van der Waals surface area (Å²) in [6, 6.07) is 21.2. The number of amides is 2. The van der Waals surface area contributed by atoms with E-state index in [9.17, 15) is 9.59 Å². The summed E-state index contributed by atoms with van der Waals surface area (Å²) in [5.74, 6) is 0.356. The second-order valence-corrected chi connectivity index (χ2v) is 8.73. The molecule has 0 radical (unpaired) electrons. The van der Waals surface area contributed by atoms with Crippen molar-refractivity contribution in [1.82, 2.24) is 10.2 Å². The maximum atomic E-state index is 13.5. The van der Waals surface area contributed by atoms with Crippen molar-refractivity contribution in [3.8, 4) is 5.75 Å². The summed E-state index contributed by atoms with van der Waals surface area (Å²) in [7, 11) is 1.61. The molecule has 0 aliphatic carbocycles. The van der Waals surface area contributed by atoms with Crippen molar-refractivity contribution in [1.29, 1.82) is 0 Å². The molecule has 2 amide bonds. The van der Waals surface area contributed by atoms with E-state index in [4.69, 9.17) is 27.9 Å². The minimum absolute atomic E-state index is 0.0909. The highest BCUT2D eigenvalue weighted by atomic mass is 35.5. The van der Waals surface area contributed by atoms with Crippen LogP contribution in [0.15, 0.2) is 72.8 Å². The van der Waals surface area contributed by atoms with Crippen molar-refractivity contribution in [2.45, 2.75) is 38.9 Å². The Morgan fingerprint density at radius 3 is 2.32 bits per heavy atom. The lowest BCUT2D eigenvalue weighted by molar-refractivity contribution is -0.141. The predicted molar refractivity (Wildman–Crippen MR) is 136 cm³/mol. The molecule has 7 heteroatoms. The van der Waals surface area contributed by atoms with E-state index < -0.39 is 6.04 Å². The molecule has 3 aromatic carbocycles. The van der Waals surface area contributed by atoms with Gasteiger partial charge in [-0.3, -0.25) is 9.59 Å². The Hall–Kier alpha value is -3.02. The Kier molecular flexibility index (Phi) is 9.37. The molecule has 3 aromatic rings. The van der Waals surface area contributed by atoms with Gasteiger partial charge in [-0.25, -0.2) is 0 Å². The zero-order valence-electron chi connectivity index (χ0n) is 19.3. The number of ether oxygens (including phenoxy) is 1. The number of carbonyl (C=O) groups is 2. The van der Waals surface area contributed by atoms with Gasteiger partial charge >= 0.3 is 0 Å². The maximum Gasteiger partial charge on any atom is 0.247 e. The Balaban J connectivity index is 1.91. The second-order valence-electron chi connectivity index (χ2n) is 7.89. The highest BCUT2D eigenvalue weighted by Crippen LogP contribution is 2.26. The molecule has 0 heterocycles. The van der Waals surface area contributed by atoms with Crippen molar-refractivity contribution in [2.75, 3.05) is 7.11 Å². The summed E-state index contributed by atoms with van der Waals surface area (Å²) in [4.78, 5) is 28.4. The van der Waals surface area contributed by atoms with Crippen LogP contribution in [0.1, 0.15) is 42.5 Å². The number of halogens is 2. The smallest absolute Gasteiger partial charge is 0.247 e. The first kappa shape index (κ1) is 25.6. The lowest BCUT2D eigenvalue weighted by Crippen LogP contribution is -2.43. The molecule has 1 atom stereocenters. The van der Waals surface area contributed by atoms with E-state index in [1.807, 2.05) is 61.5 Å². The molecule has 0 aliphatic heterocycles. The Bertz CT molecular complexity index is 1100. The SMILES string of the molecule is CCCC(=O)N(Cc1ccc(OC)cc1)C(C(=O)NCc1ccc(Cl)cc1Cl)c1ccccc1. The maximum absolute atomic E-state index is 13.5. The third-order valence-electron chi connectivity index (χ3n) is 5.44. The van der Waals surface area contributed by atoms with Crippen LogP contribution in [0.2, 0.25) is 10.0 Å². The molecular weight excluding hydrogens is 471 g/mol. The van der Waals surface area contributed by atoms with Crippen LogP contribution in [-0.2, 0) is 22.7 Å². The highest BCUT2D eigenvalue weighted by Gasteiger charge is 2.31. The van der Waals surface area contributed by atoms with E-state index in [1.54, 1.807) is 30.2 Å². The fourth-order valence-electron chi connectivity index (χ4n) is 3.66. The van der Waals surface area contributed by atoms with Gasteiger partial charge in [0.15, 0.2) is 0 Å². The van der Waals surface area contributed by atoms with Gasteiger partial charge in [-0.2, -0.15) is 0 Å². The molecule has 34 heavy (non-hydrogen) atoms. The van der Waals surface area contributed by atoms with Gasteiger partial charge in [0, 0.05) is 29.6 Å². The zero-order chi connectivity index (χ0) is 24.5. The molecule has 178 valence electrons. The van der Waals surface area contributed by atoms with Crippen LogP contribution in [0.3, 0.4) is 0 Å². The summed E-state index contributed by atoms with van der Waals surface area (Å²) in [6.45, 7) is 2.46. The van der Waals surface area contributed by atoms with E-state index >= 15 is 0 Å². The molecule has 0 aromatic heterocycles. The third kappa shape index (κ3) is 6.75. The molecule has 3 rings (SSSR count). The first-order valence-corrected chi connectivity index (χ1v) is 11.9. The predicted octanol–water partition coefficient (Wildman–Crippen LogP) is 6.19. The lowest BCUT2D eigenvalue weighted by Gasteiger charge is -2.32. The number of benzene rings is 3. The molecule has 0 fully saturated rings. The summed E-state index contributed by atoms with van der Waals surface area (Å²) < 4.78 is 5.24. The van der Waals surface area contributed by atoms with Gasteiger partial charge in [-0.1, -0.05) is 78.7 Å². The van der Waals surface area contributed by atoms with Crippen molar-refractivity contribution in [3.63, 3.8) is 0 Å². The Morgan fingerprint density at radius 1 is 1.00 bits per heavy atom. The number of rotatable bonds is 10. The van der Waals surface area contributed by atoms with Crippen LogP contribution in [0.5, 0.6) is 5.75 Å². The Morgan fingerprint density at radius 2 is 1.71 bits per heavy atom. The number of methoxy groups -OCH3 is 1. The quantitative estimate of drug-likeness (QED) is 0.362. The van der Waals surface area contributed by atoms with E-state index in [-0.39, 0.29) is 24.9 Å². The summed E-state index contributed by atoms with van der Waals surface area (Å²) in [5.41, 5.74) is 2.38. The second kappa shape index (κ2) is 12.4. The van der Waals surface area contributed by atoms with Gasteiger partial charge in [0.2, 0.25) is 11.8 Å². The summed E-state index contributed by atoms with van der Waals surface area (Å²) in [6.07, 6.45) is 1.03. The van der Waals surface area contributed by atoms with Crippen LogP contribution >= 0.6 is 23.2 Å². The normalized spacial score (nSPS) is 11.5. The lowest BCUT2D eigenvalue weighted by atomic mass is 10.0. The zero-order valence-corrected chi connectivity index (χ0v) is 20.8. The van der Waals surface area contributed by atoms with Crippen molar-refractivity contribution >= 4 is 35.0 Å². The minimum atomic E-state index is -0.798. The average molecular weight is 499 g/mol. The first-order chi connectivity index (χ1) is 16.4. The van der Waals surface area contributed by atoms with Gasteiger partial charge in [-0.15, -0.1) is 0 Å². The fraction of sp³-hybridized carbons (Fsp3) is 0.259. The molecular formula is C27H28Cl2N2O3. The van der Waals surface area contributed by atoms with Crippen LogP contribution in [-0.4, -0.2) is 23.8 Å². The van der Waals surface area contributed by atoms with Gasteiger partial charge in [0.1, 0.15) is 11.8 Å². The molecule has 0 aliphatic rings. The molecule has 1 unspecified atom stereocenters. The highest BCUT2D eigenvalue weighted by molar-refractivity contribution is 6.35. The molecule has 0 saturated carbocycles. The largest absolute Gasteiger partial charge is 0.497 e. The number of hydrogen-bond acceptors (Lipinski definition) is 3. The molecule has 5 nitrogen and oxygen atoms in total. The van der Waals surface area contributed by atoms with Crippen molar-refractivity contribution < 1.29 is 14.3 Å². The van der Waals surface area contributed by atoms with Crippen molar-refractivity contribution in [2.24, 2.45) is 0 Å². The van der Waals surface area contributed by atoms with Crippen LogP contribution in [0, 0.1) is 0 Å². The molecule has 0 saturated heterocycles. The monoisotopic (exact) mass is 498 g/mol. The van der Waals surface area contributed by atoms with E-state index in [0.717, 1.165) is 22.4 Å². The molecule has 0 spiro atoms. The number of nitrogens with one attached hydrogen (secondary N) is 1. The van der Waals surface area contributed by atoms with Crippen LogP contribution in [0.4, 0.5) is 0 Å². The third-order valence-corrected chi connectivity index (χ3v) is 6.03. The van der Waals surface area contributed by atoms with Crippen LogP contribution < -0.4 is 10.1 Å². The van der Waals surface area contributed by atoms with E-state index in [1.165, 1.54) is 0 Å². The number of hydrogen-bond donors (Lipinski definition) is 1. The molecule has 0 bridgehead atoms. The van der Waals surface area contributed by atoms with E-state index in [2.05, 4.69) is 5.32 Å². The average Bonchev–Trinajstić information content (AvgIpc) is 2.84. The summed E-state index contributed by atoms with van der Waals surface area (Å²) in [5, 5.41) is 3.96. The number of carbonyl (C=O) groups excluding carboxylic acids is 2. The molecule has 1 N–H and O–H groups in total. The van der Waals surface area contributed by atoms with Gasteiger partial charge in [-0.05, 0) is 47.4 Å². The standard InChI is InChI=1S/C27H28Cl2N2O3/c1-3-7-25(32)31(18-19-10-14-23(34-2)15-11-19)26(20-8-5-4-6-9-20)27(33)30-17-21-12-13-22(28)16-24(21)29/h4-6,8-16,26H,3,7,17-18H2,1-2H3,(H,30,33). The first-order valence-electron chi connectivity index (χ1n) is 11.1. The van der Waals surface area contributed by atoms with Crippen molar-refractivity contribution in [3.05, 3.63) is 99.5 Å². The topological polar surface area (TPSA) is 58.6 Å². The fourth-order valence-corrected chi connectivity index (χ4v) is 4.14. The summed E-state index contributed by atoms with van der Waals surface area (Å²) >= 11 is 12.3. The Labute approximate surface area is 210 Å². The van der Waals surface area contributed by atoms with Crippen LogP contribution in [0.25, 0.3) is 0 Å². The van der Waals surface area contributed by atoms with E-state index in [0.29, 0.717) is 22.9 Å². The number of nitrogens with zero attached hydrogens (tertiary/aromatic N) is 1. The van der Waals surface area contributed by atoms with Gasteiger partial charge < -0.3 is 15.0 Å². The minimum Gasteiger partial charge on any atom is -0.497 e.